The average molecular weight is 249 g/mol. The molecule has 0 spiro atoms. The number of methoxy groups -OCH3 is 1. The minimum atomic E-state index is 0.0384. The van der Waals surface area contributed by atoms with E-state index in [9.17, 15) is 4.79 Å². The molecule has 0 aliphatic rings. The van der Waals surface area contributed by atoms with Crippen LogP contribution in [-0.4, -0.2) is 37.6 Å². The van der Waals surface area contributed by atoms with E-state index in [1.165, 1.54) is 11.1 Å². The van der Waals surface area contributed by atoms with Gasteiger partial charge in [-0.3, -0.25) is 4.79 Å². The van der Waals surface area contributed by atoms with Crippen molar-refractivity contribution in [2.75, 3.05) is 20.8 Å². The summed E-state index contributed by atoms with van der Waals surface area (Å²) in [6.45, 7) is 4.34. The zero-order valence-electron chi connectivity index (χ0n) is 11.8. The SMILES string of the molecule is CC[C@H](Cc1ccc(C)cc1)N(C)C(=O)COC. The molecule has 1 aromatic rings. The summed E-state index contributed by atoms with van der Waals surface area (Å²) >= 11 is 0. The third-order valence-corrected chi connectivity index (χ3v) is 3.27. The van der Waals surface area contributed by atoms with E-state index in [1.807, 2.05) is 7.05 Å². The van der Waals surface area contributed by atoms with E-state index in [0.29, 0.717) is 0 Å². The highest BCUT2D eigenvalue weighted by Crippen LogP contribution is 2.12. The molecule has 18 heavy (non-hydrogen) atoms. The predicted molar refractivity (Wildman–Crippen MR) is 73.6 cm³/mol. The summed E-state index contributed by atoms with van der Waals surface area (Å²) in [4.78, 5) is 13.6. The van der Waals surface area contributed by atoms with Crippen molar-refractivity contribution >= 4 is 5.91 Å². The zero-order valence-corrected chi connectivity index (χ0v) is 11.8. The molecule has 1 aromatic carbocycles. The minimum Gasteiger partial charge on any atom is -0.375 e. The van der Waals surface area contributed by atoms with Crippen LogP contribution in [0.3, 0.4) is 0 Å². The standard InChI is InChI=1S/C15H23NO2/c1-5-14(16(3)15(17)11-18-4)10-13-8-6-12(2)7-9-13/h6-9,14H,5,10-11H2,1-4H3/t14-/m1/s1. The summed E-state index contributed by atoms with van der Waals surface area (Å²) in [5.41, 5.74) is 2.53. The van der Waals surface area contributed by atoms with Crippen molar-refractivity contribution in [2.45, 2.75) is 32.7 Å². The number of carbonyl (C=O) groups excluding carboxylic acids is 1. The van der Waals surface area contributed by atoms with Gasteiger partial charge in [0.05, 0.1) is 0 Å². The predicted octanol–water partition coefficient (Wildman–Crippen LogP) is 2.42. The van der Waals surface area contributed by atoms with Crippen molar-refractivity contribution in [3.8, 4) is 0 Å². The molecular formula is C15H23NO2. The van der Waals surface area contributed by atoms with Crippen molar-refractivity contribution < 1.29 is 9.53 Å². The summed E-state index contributed by atoms with van der Waals surface area (Å²) in [5, 5.41) is 0. The van der Waals surface area contributed by atoms with Crippen LogP contribution in [0.25, 0.3) is 0 Å². The van der Waals surface area contributed by atoms with Gasteiger partial charge in [0.1, 0.15) is 6.61 Å². The van der Waals surface area contributed by atoms with Gasteiger partial charge in [0.15, 0.2) is 0 Å². The van der Waals surface area contributed by atoms with Gasteiger partial charge in [-0.1, -0.05) is 36.8 Å². The van der Waals surface area contributed by atoms with Gasteiger partial charge in [-0.25, -0.2) is 0 Å². The molecule has 0 fully saturated rings. The summed E-state index contributed by atoms with van der Waals surface area (Å²) in [6, 6.07) is 8.72. The van der Waals surface area contributed by atoms with Crippen LogP contribution in [0.4, 0.5) is 0 Å². The quantitative estimate of drug-likeness (QED) is 0.775. The van der Waals surface area contributed by atoms with Crippen molar-refractivity contribution in [3.63, 3.8) is 0 Å². The summed E-state index contributed by atoms with van der Waals surface area (Å²) in [6.07, 6.45) is 1.84. The largest absolute Gasteiger partial charge is 0.375 e. The van der Waals surface area contributed by atoms with E-state index in [2.05, 4.69) is 38.1 Å². The van der Waals surface area contributed by atoms with Gasteiger partial charge >= 0.3 is 0 Å². The third-order valence-electron chi connectivity index (χ3n) is 3.27. The fourth-order valence-electron chi connectivity index (χ4n) is 1.98. The molecule has 0 aliphatic heterocycles. The molecule has 0 heterocycles. The van der Waals surface area contributed by atoms with E-state index < -0.39 is 0 Å². The molecule has 0 radical (unpaired) electrons. The lowest BCUT2D eigenvalue weighted by Crippen LogP contribution is -2.40. The third kappa shape index (κ3) is 4.15. The van der Waals surface area contributed by atoms with Crippen LogP contribution in [0, 0.1) is 6.92 Å². The Labute approximate surface area is 110 Å². The second-order valence-electron chi connectivity index (χ2n) is 4.69. The average Bonchev–Trinajstić information content (AvgIpc) is 2.37. The topological polar surface area (TPSA) is 29.5 Å². The van der Waals surface area contributed by atoms with E-state index in [0.717, 1.165) is 12.8 Å². The number of amides is 1. The minimum absolute atomic E-state index is 0.0384. The van der Waals surface area contributed by atoms with Gasteiger partial charge in [0.2, 0.25) is 5.91 Å². The van der Waals surface area contributed by atoms with Crippen molar-refractivity contribution in [1.29, 1.82) is 0 Å². The number of hydrogen-bond donors (Lipinski definition) is 0. The van der Waals surface area contributed by atoms with Crippen LogP contribution in [0.2, 0.25) is 0 Å². The fraction of sp³-hybridized carbons (Fsp3) is 0.533. The number of hydrogen-bond acceptors (Lipinski definition) is 2. The number of nitrogens with zero attached hydrogens (tertiary/aromatic N) is 1. The monoisotopic (exact) mass is 249 g/mol. The Morgan fingerprint density at radius 2 is 1.94 bits per heavy atom. The normalized spacial score (nSPS) is 12.2. The maximum Gasteiger partial charge on any atom is 0.248 e. The van der Waals surface area contributed by atoms with Crippen LogP contribution in [0.15, 0.2) is 24.3 Å². The van der Waals surface area contributed by atoms with E-state index in [4.69, 9.17) is 4.74 Å². The number of ether oxygens (including phenoxy) is 1. The van der Waals surface area contributed by atoms with Crippen LogP contribution in [0.1, 0.15) is 24.5 Å². The van der Waals surface area contributed by atoms with Gasteiger partial charge in [-0.15, -0.1) is 0 Å². The maximum absolute atomic E-state index is 11.8. The van der Waals surface area contributed by atoms with Crippen LogP contribution >= 0.6 is 0 Å². The first-order valence-electron chi connectivity index (χ1n) is 6.38. The number of rotatable bonds is 6. The van der Waals surface area contributed by atoms with E-state index in [-0.39, 0.29) is 18.6 Å². The van der Waals surface area contributed by atoms with Crippen LogP contribution in [0.5, 0.6) is 0 Å². The lowest BCUT2D eigenvalue weighted by molar-refractivity contribution is -0.135. The molecule has 0 bridgehead atoms. The molecule has 1 amide bonds. The van der Waals surface area contributed by atoms with Crippen molar-refractivity contribution in [3.05, 3.63) is 35.4 Å². The first kappa shape index (κ1) is 14.7. The lowest BCUT2D eigenvalue weighted by atomic mass is 10.0. The summed E-state index contributed by atoms with van der Waals surface area (Å²) in [5.74, 6) is 0.0384. The smallest absolute Gasteiger partial charge is 0.248 e. The molecule has 0 unspecified atom stereocenters. The molecule has 3 nitrogen and oxygen atoms in total. The second-order valence-corrected chi connectivity index (χ2v) is 4.69. The first-order valence-corrected chi connectivity index (χ1v) is 6.38. The fourth-order valence-corrected chi connectivity index (χ4v) is 1.98. The zero-order chi connectivity index (χ0) is 13.5. The molecular weight excluding hydrogens is 226 g/mol. The van der Waals surface area contributed by atoms with Gasteiger partial charge < -0.3 is 9.64 Å². The molecule has 3 heteroatoms. The Balaban J connectivity index is 2.66. The van der Waals surface area contributed by atoms with Gasteiger partial charge in [-0.05, 0) is 25.3 Å². The molecule has 0 N–H and O–H groups in total. The second kappa shape index (κ2) is 7.17. The van der Waals surface area contributed by atoms with Gasteiger partial charge in [0.25, 0.3) is 0 Å². The molecule has 0 saturated heterocycles. The molecule has 0 aromatic heterocycles. The Bertz CT molecular complexity index is 373. The summed E-state index contributed by atoms with van der Waals surface area (Å²) in [7, 11) is 3.40. The Kier molecular flexibility index (Phi) is 5.86. The first-order chi connectivity index (χ1) is 8.58. The molecule has 0 aliphatic carbocycles. The summed E-state index contributed by atoms with van der Waals surface area (Å²) < 4.78 is 4.89. The van der Waals surface area contributed by atoms with E-state index >= 15 is 0 Å². The highest BCUT2D eigenvalue weighted by molar-refractivity contribution is 5.77. The van der Waals surface area contributed by atoms with Crippen molar-refractivity contribution in [1.82, 2.24) is 4.90 Å². The molecule has 1 atom stereocenters. The highest BCUT2D eigenvalue weighted by Gasteiger charge is 2.18. The lowest BCUT2D eigenvalue weighted by Gasteiger charge is -2.27. The van der Waals surface area contributed by atoms with Crippen LogP contribution < -0.4 is 0 Å². The Hall–Kier alpha value is -1.35. The van der Waals surface area contributed by atoms with Crippen LogP contribution in [-0.2, 0) is 16.0 Å². The number of likely N-dealkylation sites (N-methyl/N-ethyl adjacent to an activating group) is 1. The Morgan fingerprint density at radius 1 is 1.33 bits per heavy atom. The number of benzene rings is 1. The van der Waals surface area contributed by atoms with Gasteiger partial charge in [-0.2, -0.15) is 0 Å². The van der Waals surface area contributed by atoms with Gasteiger partial charge in [0, 0.05) is 20.2 Å². The highest BCUT2D eigenvalue weighted by atomic mass is 16.5. The molecule has 0 saturated carbocycles. The Morgan fingerprint density at radius 3 is 2.44 bits per heavy atom. The molecule has 100 valence electrons. The van der Waals surface area contributed by atoms with E-state index in [1.54, 1.807) is 12.0 Å². The number of carbonyl (C=O) groups is 1. The molecule has 1 rings (SSSR count). The maximum atomic E-state index is 11.8. The number of aryl methyl sites for hydroxylation is 1. The van der Waals surface area contributed by atoms with Crippen molar-refractivity contribution in [2.24, 2.45) is 0 Å².